The first-order valence-electron chi connectivity index (χ1n) is 8.84. The lowest BCUT2D eigenvalue weighted by molar-refractivity contribution is 0.0478. The predicted molar refractivity (Wildman–Crippen MR) is 109 cm³/mol. The molecule has 0 fully saturated rings. The number of esters is 1. The molecule has 0 saturated heterocycles. The summed E-state index contributed by atoms with van der Waals surface area (Å²) in [5, 5.41) is 1.33. The number of hydrogen-bond donors (Lipinski definition) is 0. The fourth-order valence-electron chi connectivity index (χ4n) is 2.97. The monoisotopic (exact) mass is 409 g/mol. The SMILES string of the molecule is Cc1ccc2c(COC(=O)c3sc(-c4ccc(F)cc4)nc3C)cc(=O)oc2c1. The smallest absolute Gasteiger partial charge is 0.350 e. The van der Waals surface area contributed by atoms with Gasteiger partial charge >= 0.3 is 11.6 Å². The van der Waals surface area contributed by atoms with Crippen LogP contribution in [0, 0.1) is 19.7 Å². The van der Waals surface area contributed by atoms with Gasteiger partial charge in [0.2, 0.25) is 0 Å². The number of fused-ring (bicyclic) bond motifs is 1. The maximum absolute atomic E-state index is 13.1. The van der Waals surface area contributed by atoms with Gasteiger partial charge in [-0.25, -0.2) is 19.0 Å². The van der Waals surface area contributed by atoms with Crippen LogP contribution in [0.3, 0.4) is 0 Å². The highest BCUT2D eigenvalue weighted by Gasteiger charge is 2.18. The van der Waals surface area contributed by atoms with Gasteiger partial charge in [0.1, 0.15) is 27.9 Å². The van der Waals surface area contributed by atoms with Crippen molar-refractivity contribution in [3.8, 4) is 10.6 Å². The number of halogens is 1. The summed E-state index contributed by atoms with van der Waals surface area (Å²) in [5.74, 6) is -0.863. The number of aryl methyl sites for hydroxylation is 2. The highest BCUT2D eigenvalue weighted by atomic mass is 32.1. The second kappa shape index (κ2) is 7.60. The maximum Gasteiger partial charge on any atom is 0.350 e. The fraction of sp³-hybridized carbons (Fsp3) is 0.136. The molecule has 4 rings (SSSR count). The highest BCUT2D eigenvalue weighted by Crippen LogP contribution is 2.29. The van der Waals surface area contributed by atoms with Gasteiger partial charge in [-0.3, -0.25) is 0 Å². The Labute approximate surface area is 169 Å². The molecule has 0 aliphatic rings. The molecule has 0 aliphatic carbocycles. The molecule has 29 heavy (non-hydrogen) atoms. The Balaban J connectivity index is 1.57. The first kappa shape index (κ1) is 19.0. The van der Waals surface area contributed by atoms with Gasteiger partial charge in [0.05, 0.1) is 5.69 Å². The van der Waals surface area contributed by atoms with Crippen LogP contribution in [0.1, 0.15) is 26.5 Å². The summed E-state index contributed by atoms with van der Waals surface area (Å²) in [4.78, 5) is 29.2. The van der Waals surface area contributed by atoms with E-state index >= 15 is 0 Å². The summed E-state index contributed by atoms with van der Waals surface area (Å²) in [6, 6.07) is 12.7. The van der Waals surface area contributed by atoms with E-state index in [1.807, 2.05) is 19.1 Å². The molecular formula is C22H16FNO4S. The van der Waals surface area contributed by atoms with Crippen LogP contribution in [0.5, 0.6) is 0 Å². The van der Waals surface area contributed by atoms with Crippen molar-refractivity contribution in [2.75, 3.05) is 0 Å². The van der Waals surface area contributed by atoms with Crippen molar-refractivity contribution >= 4 is 28.3 Å². The van der Waals surface area contributed by atoms with Gasteiger partial charge in [-0.05, 0) is 49.7 Å². The van der Waals surface area contributed by atoms with Crippen LogP contribution in [-0.4, -0.2) is 11.0 Å². The zero-order valence-corrected chi connectivity index (χ0v) is 16.5. The van der Waals surface area contributed by atoms with E-state index in [1.165, 1.54) is 29.5 Å². The molecule has 2 aromatic carbocycles. The molecule has 2 aromatic heterocycles. The number of ether oxygens (including phenoxy) is 1. The average Bonchev–Trinajstić information content (AvgIpc) is 3.07. The summed E-state index contributed by atoms with van der Waals surface area (Å²) in [5.41, 5.74) is 2.75. The van der Waals surface area contributed by atoms with Gasteiger partial charge in [0.25, 0.3) is 0 Å². The fourth-order valence-corrected chi connectivity index (χ4v) is 3.93. The lowest BCUT2D eigenvalue weighted by Crippen LogP contribution is -2.07. The summed E-state index contributed by atoms with van der Waals surface area (Å²) >= 11 is 1.18. The lowest BCUT2D eigenvalue weighted by Gasteiger charge is -2.07. The van der Waals surface area contributed by atoms with E-state index in [1.54, 1.807) is 25.1 Å². The molecule has 0 aliphatic heterocycles. The van der Waals surface area contributed by atoms with Crippen molar-refractivity contribution in [2.24, 2.45) is 0 Å². The second-order valence-corrected chi connectivity index (χ2v) is 7.61. The van der Waals surface area contributed by atoms with E-state index in [-0.39, 0.29) is 12.4 Å². The molecule has 0 N–H and O–H groups in total. The topological polar surface area (TPSA) is 69.4 Å². The molecule has 5 nitrogen and oxygen atoms in total. The Morgan fingerprint density at radius 1 is 1.14 bits per heavy atom. The Kier molecular flexibility index (Phi) is 4.98. The number of benzene rings is 2. The Morgan fingerprint density at radius 3 is 2.66 bits per heavy atom. The zero-order chi connectivity index (χ0) is 20.5. The van der Waals surface area contributed by atoms with Gasteiger partial charge in [-0.15, -0.1) is 11.3 Å². The predicted octanol–water partition coefficient (Wildman–Crippen LogP) is 5.03. The summed E-state index contributed by atoms with van der Waals surface area (Å²) < 4.78 is 23.8. The molecule has 0 radical (unpaired) electrons. The van der Waals surface area contributed by atoms with Crippen LogP contribution in [0.2, 0.25) is 0 Å². The van der Waals surface area contributed by atoms with E-state index in [0.717, 1.165) is 16.5 Å². The minimum Gasteiger partial charge on any atom is -0.457 e. The third-order valence-electron chi connectivity index (χ3n) is 4.42. The van der Waals surface area contributed by atoms with Crippen molar-refractivity contribution in [1.82, 2.24) is 4.98 Å². The van der Waals surface area contributed by atoms with Crippen molar-refractivity contribution in [3.63, 3.8) is 0 Å². The number of rotatable bonds is 4. The standard InChI is InChI=1S/C22H16FNO4S/c1-12-3-8-17-15(10-19(25)28-18(17)9-12)11-27-22(26)20-13(2)24-21(29-20)14-4-6-16(23)7-5-14/h3-10H,11H2,1-2H3. The molecule has 0 spiro atoms. The molecule has 146 valence electrons. The molecule has 0 amide bonds. The van der Waals surface area contributed by atoms with Gasteiger partial charge in [-0.2, -0.15) is 0 Å². The number of aromatic nitrogens is 1. The number of nitrogens with zero attached hydrogens (tertiary/aromatic N) is 1. The van der Waals surface area contributed by atoms with Crippen molar-refractivity contribution < 1.29 is 18.3 Å². The molecule has 7 heteroatoms. The molecule has 2 heterocycles. The molecular weight excluding hydrogens is 393 g/mol. The minimum absolute atomic E-state index is 0.0623. The second-order valence-electron chi connectivity index (χ2n) is 6.61. The van der Waals surface area contributed by atoms with E-state index in [0.29, 0.717) is 26.7 Å². The van der Waals surface area contributed by atoms with Gasteiger partial charge < -0.3 is 9.15 Å². The maximum atomic E-state index is 13.1. The van der Waals surface area contributed by atoms with Crippen LogP contribution >= 0.6 is 11.3 Å². The van der Waals surface area contributed by atoms with Gasteiger partial charge in [0, 0.05) is 22.6 Å². The molecule has 0 bridgehead atoms. The molecule has 0 unspecified atom stereocenters. The Morgan fingerprint density at radius 2 is 1.90 bits per heavy atom. The van der Waals surface area contributed by atoms with Crippen molar-refractivity contribution in [3.05, 3.63) is 86.5 Å². The largest absolute Gasteiger partial charge is 0.457 e. The summed E-state index contributed by atoms with van der Waals surface area (Å²) in [6.07, 6.45) is 0. The number of hydrogen-bond acceptors (Lipinski definition) is 6. The quantitative estimate of drug-likeness (QED) is 0.349. The van der Waals surface area contributed by atoms with Gasteiger partial charge in [-0.1, -0.05) is 12.1 Å². The van der Waals surface area contributed by atoms with Crippen LogP contribution in [-0.2, 0) is 11.3 Å². The first-order valence-corrected chi connectivity index (χ1v) is 9.66. The van der Waals surface area contributed by atoms with E-state index in [9.17, 15) is 14.0 Å². The van der Waals surface area contributed by atoms with Crippen molar-refractivity contribution in [2.45, 2.75) is 20.5 Å². The molecule has 0 saturated carbocycles. The van der Waals surface area contributed by atoms with Crippen LogP contribution in [0.15, 0.2) is 57.7 Å². The summed E-state index contributed by atoms with van der Waals surface area (Å²) in [7, 11) is 0. The number of thiazole rings is 1. The third kappa shape index (κ3) is 3.95. The van der Waals surface area contributed by atoms with E-state index in [2.05, 4.69) is 4.98 Å². The van der Waals surface area contributed by atoms with Crippen LogP contribution in [0.4, 0.5) is 4.39 Å². The lowest BCUT2D eigenvalue weighted by atomic mass is 10.1. The first-order chi connectivity index (χ1) is 13.9. The van der Waals surface area contributed by atoms with Gasteiger partial charge in [0.15, 0.2) is 0 Å². The van der Waals surface area contributed by atoms with Crippen LogP contribution < -0.4 is 5.63 Å². The zero-order valence-electron chi connectivity index (χ0n) is 15.7. The van der Waals surface area contributed by atoms with Crippen LogP contribution in [0.25, 0.3) is 21.5 Å². The normalized spacial score (nSPS) is 11.0. The minimum atomic E-state index is -0.526. The average molecular weight is 409 g/mol. The number of carbonyl (C=O) groups is 1. The highest BCUT2D eigenvalue weighted by molar-refractivity contribution is 7.17. The number of carbonyl (C=O) groups excluding carboxylic acids is 1. The van der Waals surface area contributed by atoms with E-state index < -0.39 is 11.6 Å². The van der Waals surface area contributed by atoms with Crippen molar-refractivity contribution in [1.29, 1.82) is 0 Å². The summed E-state index contributed by atoms with van der Waals surface area (Å²) in [6.45, 7) is 3.56. The molecule has 4 aromatic rings. The van der Waals surface area contributed by atoms with E-state index in [4.69, 9.17) is 9.15 Å². The third-order valence-corrected chi connectivity index (χ3v) is 5.60. The Bertz CT molecular complexity index is 1270. The molecule has 0 atom stereocenters. The Hall–Kier alpha value is -3.32.